The van der Waals surface area contributed by atoms with E-state index in [1.165, 1.54) is 25.1 Å². The number of rotatable bonds is 15. The lowest BCUT2D eigenvalue weighted by Gasteiger charge is -2.43. The molecular weight excluding hydrogens is 798 g/mol. The number of esters is 4. The molecule has 0 radical (unpaired) electrons. The van der Waals surface area contributed by atoms with E-state index >= 15 is 0 Å². The molecule has 0 aromatic heterocycles. The van der Waals surface area contributed by atoms with Gasteiger partial charge >= 0.3 is 30.0 Å². The van der Waals surface area contributed by atoms with Gasteiger partial charge in [0, 0.05) is 26.7 Å². The van der Waals surface area contributed by atoms with Crippen LogP contribution in [0.15, 0.2) is 66.7 Å². The van der Waals surface area contributed by atoms with E-state index < -0.39 is 97.1 Å². The molecule has 0 unspecified atom stereocenters. The molecule has 0 bridgehead atoms. The zero-order chi connectivity index (χ0) is 44.5. The summed E-state index contributed by atoms with van der Waals surface area (Å²) in [6.07, 6.45) is -9.33. The van der Waals surface area contributed by atoms with Gasteiger partial charge in [0.15, 0.2) is 18.3 Å². The number of nitrogens with one attached hydrogen (secondary N) is 3. The third kappa shape index (κ3) is 11.0. The van der Waals surface area contributed by atoms with Crippen LogP contribution in [0.5, 0.6) is 5.75 Å². The van der Waals surface area contributed by atoms with Crippen molar-refractivity contribution >= 4 is 47.5 Å². The second-order valence-corrected chi connectivity index (χ2v) is 14.7. The number of aliphatic hydroxyl groups is 1. The molecule has 2 aliphatic rings. The van der Waals surface area contributed by atoms with E-state index in [4.69, 9.17) is 33.2 Å². The Bertz CT molecular complexity index is 2100. The predicted octanol–water partition coefficient (Wildman–Crippen LogP) is 3.26. The quantitative estimate of drug-likeness (QED) is 0.127. The van der Waals surface area contributed by atoms with Crippen LogP contribution in [0, 0.1) is 5.92 Å². The number of methoxy groups -OCH3 is 1. The number of amides is 3. The SMILES string of the molecule is COC(=O)[C@H]1O[C@@H](Oc2cc(CO)ccc2NC(=O)[C@H](C)NC(=O)[C@@H](NC(=O)OCC2c3ccccc3-c3ccccc32)C(C)C)[C@H](OC(C)=O)[C@@H](OC(C)=O)[C@@H]1OC(C)=O. The Balaban J connectivity index is 1.30. The molecule has 1 heterocycles. The van der Waals surface area contributed by atoms with Crippen molar-refractivity contribution < 1.29 is 71.8 Å². The van der Waals surface area contributed by atoms with Crippen molar-refractivity contribution in [2.75, 3.05) is 19.0 Å². The maximum absolute atomic E-state index is 13.6. The van der Waals surface area contributed by atoms with E-state index in [1.54, 1.807) is 13.8 Å². The molecule has 3 aromatic rings. The first kappa shape index (κ1) is 45.6. The van der Waals surface area contributed by atoms with E-state index in [0.29, 0.717) is 0 Å². The molecule has 18 nitrogen and oxygen atoms in total. The van der Waals surface area contributed by atoms with Crippen LogP contribution in [-0.4, -0.2) is 103 Å². The molecule has 0 spiro atoms. The fourth-order valence-electron chi connectivity index (χ4n) is 7.08. The highest BCUT2D eigenvalue weighted by molar-refractivity contribution is 5.99. The number of hydrogen-bond acceptors (Lipinski definition) is 15. The van der Waals surface area contributed by atoms with Crippen LogP contribution < -0.4 is 20.7 Å². The summed E-state index contributed by atoms with van der Waals surface area (Å²) in [5.74, 6) is -5.99. The predicted molar refractivity (Wildman–Crippen MR) is 213 cm³/mol. The normalized spacial score (nSPS) is 20.1. The van der Waals surface area contributed by atoms with E-state index in [1.807, 2.05) is 48.5 Å². The summed E-state index contributed by atoms with van der Waals surface area (Å²) in [6, 6.07) is 17.6. The molecule has 0 saturated carbocycles. The van der Waals surface area contributed by atoms with Crippen molar-refractivity contribution in [2.45, 2.75) is 96.9 Å². The lowest BCUT2D eigenvalue weighted by atomic mass is 9.97. The minimum absolute atomic E-state index is 0.0264. The molecule has 1 aliphatic carbocycles. The fourth-order valence-corrected chi connectivity index (χ4v) is 7.08. The van der Waals surface area contributed by atoms with Crippen LogP contribution in [0.1, 0.15) is 64.2 Å². The van der Waals surface area contributed by atoms with Gasteiger partial charge in [0.2, 0.25) is 24.2 Å². The molecule has 1 aliphatic heterocycles. The van der Waals surface area contributed by atoms with Crippen LogP contribution >= 0.6 is 0 Å². The molecule has 3 aromatic carbocycles. The van der Waals surface area contributed by atoms with Gasteiger partial charge in [-0.15, -0.1) is 0 Å². The van der Waals surface area contributed by atoms with Gasteiger partial charge < -0.3 is 54.2 Å². The maximum atomic E-state index is 13.6. The Labute approximate surface area is 351 Å². The maximum Gasteiger partial charge on any atom is 0.407 e. The monoisotopic (exact) mass is 847 g/mol. The number of anilines is 1. The molecule has 4 N–H and O–H groups in total. The topological polar surface area (TPSA) is 240 Å². The summed E-state index contributed by atoms with van der Waals surface area (Å²) in [4.78, 5) is 89.8. The number of carbonyl (C=O) groups excluding carboxylic acids is 7. The summed E-state index contributed by atoms with van der Waals surface area (Å²) in [7, 11) is 1.03. The number of fused-ring (bicyclic) bond motifs is 3. The Morgan fingerprint density at radius 2 is 1.31 bits per heavy atom. The van der Waals surface area contributed by atoms with Gasteiger partial charge in [-0.1, -0.05) is 68.4 Å². The van der Waals surface area contributed by atoms with Crippen LogP contribution in [0.25, 0.3) is 11.1 Å². The van der Waals surface area contributed by atoms with Crippen LogP contribution in [-0.2, 0) is 63.8 Å². The zero-order valence-electron chi connectivity index (χ0n) is 34.6. The average Bonchev–Trinajstić information content (AvgIpc) is 3.53. The molecule has 5 rings (SSSR count). The summed E-state index contributed by atoms with van der Waals surface area (Å²) in [5, 5.41) is 17.8. The van der Waals surface area contributed by atoms with Gasteiger partial charge in [-0.3, -0.25) is 24.0 Å². The molecule has 7 atom stereocenters. The van der Waals surface area contributed by atoms with E-state index in [2.05, 4.69) is 16.0 Å². The second-order valence-electron chi connectivity index (χ2n) is 14.7. The van der Waals surface area contributed by atoms with E-state index in [9.17, 15) is 38.7 Å². The first-order chi connectivity index (χ1) is 29.0. The smallest absolute Gasteiger partial charge is 0.407 e. The van der Waals surface area contributed by atoms with Gasteiger partial charge in [0.1, 0.15) is 24.4 Å². The summed E-state index contributed by atoms with van der Waals surface area (Å²) in [5.41, 5.74) is 4.41. The first-order valence-corrected chi connectivity index (χ1v) is 19.4. The molecule has 326 valence electrons. The van der Waals surface area contributed by atoms with Crippen molar-refractivity contribution in [2.24, 2.45) is 5.92 Å². The van der Waals surface area contributed by atoms with Crippen molar-refractivity contribution in [3.8, 4) is 16.9 Å². The van der Waals surface area contributed by atoms with Gasteiger partial charge in [-0.25, -0.2) is 9.59 Å². The Morgan fingerprint density at radius 3 is 1.87 bits per heavy atom. The van der Waals surface area contributed by atoms with Crippen molar-refractivity contribution in [1.82, 2.24) is 10.6 Å². The zero-order valence-corrected chi connectivity index (χ0v) is 34.6. The van der Waals surface area contributed by atoms with Crippen molar-refractivity contribution in [1.29, 1.82) is 0 Å². The number of benzene rings is 3. The van der Waals surface area contributed by atoms with Crippen LogP contribution in [0.3, 0.4) is 0 Å². The Kier molecular flexibility index (Phi) is 15.0. The second kappa shape index (κ2) is 20.2. The van der Waals surface area contributed by atoms with Gasteiger partial charge in [0.05, 0.1) is 19.4 Å². The fraction of sp³-hybridized carbons (Fsp3) is 0.419. The number of carbonyl (C=O) groups is 7. The van der Waals surface area contributed by atoms with Crippen LogP contribution in [0.4, 0.5) is 10.5 Å². The molecular formula is C43H49N3O15. The first-order valence-electron chi connectivity index (χ1n) is 19.4. The van der Waals surface area contributed by atoms with Gasteiger partial charge in [0.25, 0.3) is 0 Å². The average molecular weight is 848 g/mol. The van der Waals surface area contributed by atoms with Crippen molar-refractivity contribution in [3.05, 3.63) is 83.4 Å². The third-order valence-corrected chi connectivity index (χ3v) is 9.88. The number of aliphatic hydroxyl groups excluding tert-OH is 1. The molecule has 61 heavy (non-hydrogen) atoms. The number of ether oxygens (including phenoxy) is 7. The molecule has 3 amide bonds. The third-order valence-electron chi connectivity index (χ3n) is 9.88. The number of hydrogen-bond donors (Lipinski definition) is 4. The molecule has 1 saturated heterocycles. The number of alkyl carbamates (subject to hydrolysis) is 1. The lowest BCUT2D eigenvalue weighted by Crippen LogP contribution is -2.64. The minimum atomic E-state index is -1.78. The van der Waals surface area contributed by atoms with Crippen LogP contribution in [0.2, 0.25) is 0 Å². The molecule has 18 heteroatoms. The van der Waals surface area contributed by atoms with E-state index in [-0.39, 0.29) is 29.5 Å². The standard InChI is InChI=1S/C43H49N3O15/c1-21(2)34(46-43(54)56-20-31-29-14-10-8-12-27(29)28-13-9-11-15-30(28)31)40(52)44-22(3)39(51)45-32-17-16-26(19-47)18-33(32)60-42-38(59-25(6)50)36(58-24(5)49)35(57-23(4)48)37(61-42)41(53)55-7/h8-18,21-22,31,34-38,42,47H,19-20H2,1-7H3,(H,44,52)(H,45,51)(H,46,54)/t22-,34-,35-,36-,37-,38+,42+/m0/s1. The summed E-state index contributed by atoms with van der Waals surface area (Å²) in [6.45, 7) is 7.48. The highest BCUT2D eigenvalue weighted by Gasteiger charge is 2.56. The van der Waals surface area contributed by atoms with Crippen molar-refractivity contribution in [3.63, 3.8) is 0 Å². The lowest BCUT2D eigenvalue weighted by molar-refractivity contribution is -0.282. The minimum Gasteiger partial charge on any atom is -0.467 e. The Morgan fingerprint density at radius 1 is 0.738 bits per heavy atom. The Hall–Kier alpha value is -6.53. The highest BCUT2D eigenvalue weighted by Crippen LogP contribution is 2.44. The van der Waals surface area contributed by atoms with Gasteiger partial charge in [-0.05, 0) is 52.8 Å². The largest absolute Gasteiger partial charge is 0.467 e. The molecule has 1 fully saturated rings. The highest BCUT2D eigenvalue weighted by atomic mass is 16.7. The summed E-state index contributed by atoms with van der Waals surface area (Å²) < 4.78 is 38.5. The summed E-state index contributed by atoms with van der Waals surface area (Å²) >= 11 is 0. The van der Waals surface area contributed by atoms with Gasteiger partial charge in [-0.2, -0.15) is 0 Å². The van der Waals surface area contributed by atoms with E-state index in [0.717, 1.165) is 50.1 Å².